The van der Waals surface area contributed by atoms with Gasteiger partial charge in [0.1, 0.15) is 0 Å². The highest BCUT2D eigenvalue weighted by Gasteiger charge is 2.23. The molecule has 16 heavy (non-hydrogen) atoms. The van der Waals surface area contributed by atoms with Crippen LogP contribution in [0.15, 0.2) is 24.3 Å². The van der Waals surface area contributed by atoms with Gasteiger partial charge in [0.15, 0.2) is 0 Å². The molecule has 3 N–H and O–H groups in total. The van der Waals surface area contributed by atoms with Gasteiger partial charge in [-0.3, -0.25) is 0 Å². The second-order valence-corrected chi connectivity index (χ2v) is 4.85. The average molecular weight is 221 g/mol. The highest BCUT2D eigenvalue weighted by atomic mass is 16.3. The van der Waals surface area contributed by atoms with E-state index < -0.39 is 0 Å². The largest absolute Gasteiger partial charge is 0.395 e. The highest BCUT2D eigenvalue weighted by molar-refractivity contribution is 5.30. The molecule has 1 aromatic carbocycles. The molecule has 90 valence electrons. The first-order chi connectivity index (χ1) is 7.57. The van der Waals surface area contributed by atoms with Crippen molar-refractivity contribution in [2.75, 3.05) is 13.2 Å². The van der Waals surface area contributed by atoms with Crippen molar-refractivity contribution in [3.05, 3.63) is 35.4 Å². The van der Waals surface area contributed by atoms with Gasteiger partial charge in [0.05, 0.1) is 6.61 Å². The van der Waals surface area contributed by atoms with E-state index in [2.05, 4.69) is 38.1 Å². The number of rotatable bonds is 5. The fourth-order valence-corrected chi connectivity index (χ4v) is 1.72. The maximum Gasteiger partial charge on any atom is 0.0537 e. The summed E-state index contributed by atoms with van der Waals surface area (Å²) < 4.78 is 0. The predicted octanol–water partition coefficient (Wildman–Crippen LogP) is 2.41. The van der Waals surface area contributed by atoms with Crippen LogP contribution < -0.4 is 5.73 Å². The first kappa shape index (κ1) is 13.2. The molecule has 2 atom stereocenters. The predicted molar refractivity (Wildman–Crippen MR) is 68.6 cm³/mol. The minimum absolute atomic E-state index is 0.0895. The van der Waals surface area contributed by atoms with Crippen LogP contribution in [0.4, 0.5) is 0 Å². The number of hydrogen-bond acceptors (Lipinski definition) is 2. The molecule has 0 bridgehead atoms. The van der Waals surface area contributed by atoms with E-state index in [-0.39, 0.29) is 12.0 Å². The van der Waals surface area contributed by atoms with Gasteiger partial charge in [0, 0.05) is 12.0 Å². The van der Waals surface area contributed by atoms with Crippen LogP contribution in [0.5, 0.6) is 0 Å². The fraction of sp³-hybridized carbons (Fsp3) is 0.571. The Balaban J connectivity index is 2.94. The highest BCUT2D eigenvalue weighted by Crippen LogP contribution is 2.25. The van der Waals surface area contributed by atoms with E-state index in [1.54, 1.807) is 0 Å². The van der Waals surface area contributed by atoms with E-state index in [4.69, 9.17) is 5.73 Å². The van der Waals surface area contributed by atoms with Crippen LogP contribution in [-0.4, -0.2) is 18.3 Å². The number of aliphatic hydroxyl groups excluding tert-OH is 1. The van der Waals surface area contributed by atoms with Gasteiger partial charge in [-0.2, -0.15) is 0 Å². The van der Waals surface area contributed by atoms with Crippen LogP contribution in [0.3, 0.4) is 0 Å². The van der Waals surface area contributed by atoms with E-state index in [1.165, 1.54) is 5.56 Å². The molecule has 0 saturated heterocycles. The van der Waals surface area contributed by atoms with Crippen LogP contribution >= 0.6 is 0 Å². The van der Waals surface area contributed by atoms with Crippen LogP contribution in [0.1, 0.15) is 44.2 Å². The number of benzene rings is 1. The van der Waals surface area contributed by atoms with Crippen molar-refractivity contribution >= 4 is 0 Å². The normalized spacial score (nSPS) is 16.8. The molecule has 0 aromatic heterocycles. The molecule has 1 aromatic rings. The lowest BCUT2D eigenvalue weighted by Crippen LogP contribution is -2.35. The fourth-order valence-electron chi connectivity index (χ4n) is 1.72. The zero-order valence-corrected chi connectivity index (χ0v) is 10.5. The molecule has 0 saturated carbocycles. The van der Waals surface area contributed by atoms with Crippen LogP contribution in [0.2, 0.25) is 0 Å². The van der Waals surface area contributed by atoms with E-state index in [0.717, 1.165) is 12.0 Å². The Morgan fingerprint density at radius 1 is 1.31 bits per heavy atom. The summed E-state index contributed by atoms with van der Waals surface area (Å²) in [6.45, 7) is 6.96. The Kier molecular flexibility index (Phi) is 4.51. The molecule has 0 radical (unpaired) electrons. The second-order valence-electron chi connectivity index (χ2n) is 4.85. The zero-order valence-electron chi connectivity index (χ0n) is 10.5. The molecule has 0 aliphatic heterocycles. The lowest BCUT2D eigenvalue weighted by molar-refractivity contribution is 0.210. The quantitative estimate of drug-likeness (QED) is 0.802. The molecule has 0 fully saturated rings. The molecular formula is C14H23NO. The molecule has 0 aliphatic rings. The lowest BCUT2D eigenvalue weighted by Gasteiger charge is -2.26. The van der Waals surface area contributed by atoms with Crippen molar-refractivity contribution in [1.29, 1.82) is 0 Å². The van der Waals surface area contributed by atoms with Gasteiger partial charge in [-0.25, -0.2) is 0 Å². The molecule has 2 unspecified atom stereocenters. The molecule has 0 aliphatic carbocycles. The third kappa shape index (κ3) is 2.63. The molecule has 0 spiro atoms. The zero-order chi connectivity index (χ0) is 12.2. The van der Waals surface area contributed by atoms with Crippen molar-refractivity contribution in [3.8, 4) is 0 Å². The minimum atomic E-state index is -0.312. The summed E-state index contributed by atoms with van der Waals surface area (Å²) in [5.74, 6) is 0.590. The smallest absolute Gasteiger partial charge is 0.0537 e. The summed E-state index contributed by atoms with van der Waals surface area (Å²) in [6.07, 6.45) is 1.15. The third-order valence-electron chi connectivity index (χ3n) is 3.59. The van der Waals surface area contributed by atoms with Crippen molar-refractivity contribution in [1.82, 2.24) is 0 Å². The molecule has 2 heteroatoms. The Hall–Kier alpha value is -0.860. The van der Waals surface area contributed by atoms with Gasteiger partial charge in [-0.05, 0) is 23.5 Å². The molecule has 0 heterocycles. The number of aliphatic hydroxyl groups is 1. The summed E-state index contributed by atoms with van der Waals surface area (Å²) in [5.41, 5.74) is 7.87. The van der Waals surface area contributed by atoms with Gasteiger partial charge in [0.2, 0.25) is 0 Å². The average Bonchev–Trinajstić information content (AvgIpc) is 2.37. The maximum atomic E-state index is 9.38. The lowest BCUT2D eigenvalue weighted by atomic mass is 9.82. The first-order valence-corrected chi connectivity index (χ1v) is 5.98. The van der Waals surface area contributed by atoms with Crippen molar-refractivity contribution in [2.24, 2.45) is 5.73 Å². The van der Waals surface area contributed by atoms with Gasteiger partial charge in [0.25, 0.3) is 0 Å². The SMILES string of the molecule is CCC(C)c1ccc(C(C)(CN)CO)cc1. The molecular weight excluding hydrogens is 198 g/mol. The Labute approximate surface area is 98.5 Å². The molecule has 1 rings (SSSR count). The van der Waals surface area contributed by atoms with Crippen molar-refractivity contribution < 1.29 is 5.11 Å². The van der Waals surface area contributed by atoms with Crippen LogP contribution in [-0.2, 0) is 5.41 Å². The van der Waals surface area contributed by atoms with Gasteiger partial charge in [-0.1, -0.05) is 45.0 Å². The second kappa shape index (κ2) is 5.46. The minimum Gasteiger partial charge on any atom is -0.395 e. The summed E-state index contributed by atoms with van der Waals surface area (Å²) in [4.78, 5) is 0. The standard InChI is InChI=1S/C14H23NO/c1-4-11(2)12-5-7-13(8-6-12)14(3,9-15)10-16/h5-8,11,16H,4,9-10,15H2,1-3H3. The van der Waals surface area contributed by atoms with Crippen LogP contribution in [0.25, 0.3) is 0 Å². The van der Waals surface area contributed by atoms with E-state index in [9.17, 15) is 5.11 Å². The van der Waals surface area contributed by atoms with Gasteiger partial charge >= 0.3 is 0 Å². The summed E-state index contributed by atoms with van der Waals surface area (Å²) >= 11 is 0. The number of hydrogen-bond donors (Lipinski definition) is 2. The van der Waals surface area contributed by atoms with Crippen LogP contribution in [0, 0.1) is 0 Å². The van der Waals surface area contributed by atoms with Crippen molar-refractivity contribution in [2.45, 2.75) is 38.5 Å². The number of nitrogens with two attached hydrogens (primary N) is 1. The Morgan fingerprint density at radius 2 is 1.88 bits per heavy atom. The van der Waals surface area contributed by atoms with E-state index in [0.29, 0.717) is 12.5 Å². The summed E-state index contributed by atoms with van der Waals surface area (Å²) in [6, 6.07) is 8.47. The Morgan fingerprint density at radius 3 is 2.25 bits per heavy atom. The maximum absolute atomic E-state index is 9.38. The topological polar surface area (TPSA) is 46.2 Å². The van der Waals surface area contributed by atoms with E-state index >= 15 is 0 Å². The van der Waals surface area contributed by atoms with E-state index in [1.807, 2.05) is 6.92 Å². The summed E-state index contributed by atoms with van der Waals surface area (Å²) in [5, 5.41) is 9.38. The third-order valence-corrected chi connectivity index (χ3v) is 3.59. The monoisotopic (exact) mass is 221 g/mol. The molecule has 2 nitrogen and oxygen atoms in total. The Bertz CT molecular complexity index is 314. The summed E-state index contributed by atoms with van der Waals surface area (Å²) in [7, 11) is 0. The molecule has 0 amide bonds. The van der Waals surface area contributed by atoms with Gasteiger partial charge < -0.3 is 10.8 Å². The van der Waals surface area contributed by atoms with Crippen molar-refractivity contribution in [3.63, 3.8) is 0 Å². The first-order valence-electron chi connectivity index (χ1n) is 5.98. The van der Waals surface area contributed by atoms with Gasteiger partial charge in [-0.15, -0.1) is 0 Å².